The summed E-state index contributed by atoms with van der Waals surface area (Å²) in [5, 5.41) is 20.0. The number of nitro benzene ring substituents is 1. The standard InChI is InChI=1S/C13H14N2O6/c1-21-10-4-2-3-9(15(19)20)11(10)12(16)14-6-5-8(7-14)13(17)18/h2-4,8H,5-7H2,1H3,(H,17,18). The number of carbonyl (C=O) groups is 2. The first kappa shape index (κ1) is 14.8. The molecule has 1 saturated heterocycles. The number of ether oxygens (including phenoxy) is 1. The van der Waals surface area contributed by atoms with E-state index in [9.17, 15) is 19.7 Å². The van der Waals surface area contributed by atoms with E-state index in [1.807, 2.05) is 0 Å². The number of hydrogen-bond acceptors (Lipinski definition) is 5. The van der Waals surface area contributed by atoms with E-state index in [1.165, 1.54) is 30.2 Å². The van der Waals surface area contributed by atoms with E-state index in [0.29, 0.717) is 6.42 Å². The maximum atomic E-state index is 12.5. The Morgan fingerprint density at radius 2 is 2.19 bits per heavy atom. The Morgan fingerprint density at radius 1 is 1.48 bits per heavy atom. The van der Waals surface area contributed by atoms with Gasteiger partial charge in [-0.05, 0) is 12.5 Å². The second kappa shape index (κ2) is 5.78. The maximum Gasteiger partial charge on any atom is 0.308 e. The van der Waals surface area contributed by atoms with Gasteiger partial charge in [0.25, 0.3) is 11.6 Å². The molecule has 8 heteroatoms. The van der Waals surface area contributed by atoms with Crippen LogP contribution in [0.5, 0.6) is 5.75 Å². The molecule has 0 aromatic heterocycles. The highest BCUT2D eigenvalue weighted by Gasteiger charge is 2.35. The molecule has 1 unspecified atom stereocenters. The van der Waals surface area contributed by atoms with Gasteiger partial charge in [-0.15, -0.1) is 0 Å². The van der Waals surface area contributed by atoms with Crippen LogP contribution in [0.2, 0.25) is 0 Å². The Morgan fingerprint density at radius 3 is 2.71 bits per heavy atom. The highest BCUT2D eigenvalue weighted by atomic mass is 16.6. The molecule has 1 N–H and O–H groups in total. The quantitative estimate of drug-likeness (QED) is 0.659. The highest BCUT2D eigenvalue weighted by molar-refractivity contribution is 6.01. The van der Waals surface area contributed by atoms with E-state index in [0.717, 1.165) is 0 Å². The van der Waals surface area contributed by atoms with Gasteiger partial charge in [0.1, 0.15) is 5.75 Å². The molecule has 8 nitrogen and oxygen atoms in total. The Labute approximate surface area is 120 Å². The molecule has 0 saturated carbocycles. The number of nitro groups is 1. The first-order valence-corrected chi connectivity index (χ1v) is 6.29. The molecule has 1 amide bonds. The molecular weight excluding hydrogens is 280 g/mol. The van der Waals surface area contributed by atoms with Crippen LogP contribution in [0.25, 0.3) is 0 Å². The molecule has 112 valence electrons. The Bertz CT molecular complexity index is 600. The molecule has 1 heterocycles. The monoisotopic (exact) mass is 294 g/mol. The van der Waals surface area contributed by atoms with Gasteiger partial charge < -0.3 is 14.7 Å². The summed E-state index contributed by atoms with van der Waals surface area (Å²) in [5.74, 6) is -2.08. The third-order valence-electron chi connectivity index (χ3n) is 3.46. The van der Waals surface area contributed by atoms with Crippen molar-refractivity contribution in [3.63, 3.8) is 0 Å². The number of likely N-dealkylation sites (tertiary alicyclic amines) is 1. The normalized spacial score (nSPS) is 17.6. The fourth-order valence-electron chi connectivity index (χ4n) is 2.36. The smallest absolute Gasteiger partial charge is 0.308 e. The predicted octanol–water partition coefficient (Wildman–Crippen LogP) is 1.15. The van der Waals surface area contributed by atoms with Gasteiger partial charge in [-0.2, -0.15) is 0 Å². The van der Waals surface area contributed by atoms with Crippen LogP contribution < -0.4 is 4.74 Å². The van der Waals surface area contributed by atoms with E-state index in [2.05, 4.69) is 0 Å². The van der Waals surface area contributed by atoms with Crippen LogP contribution in [0.3, 0.4) is 0 Å². The van der Waals surface area contributed by atoms with Gasteiger partial charge in [0, 0.05) is 19.2 Å². The minimum atomic E-state index is -0.972. The molecule has 0 spiro atoms. The van der Waals surface area contributed by atoms with E-state index < -0.39 is 22.7 Å². The summed E-state index contributed by atoms with van der Waals surface area (Å²) in [6, 6.07) is 4.11. The average molecular weight is 294 g/mol. The van der Waals surface area contributed by atoms with E-state index >= 15 is 0 Å². The Hall–Kier alpha value is -2.64. The zero-order valence-corrected chi connectivity index (χ0v) is 11.3. The van der Waals surface area contributed by atoms with Crippen molar-refractivity contribution >= 4 is 17.6 Å². The number of methoxy groups -OCH3 is 1. The molecule has 2 rings (SSSR count). The number of nitrogens with zero attached hydrogens (tertiary/aromatic N) is 2. The zero-order chi connectivity index (χ0) is 15.6. The molecule has 1 aromatic rings. The summed E-state index contributed by atoms with van der Waals surface area (Å²) >= 11 is 0. The number of rotatable bonds is 4. The number of hydrogen-bond donors (Lipinski definition) is 1. The van der Waals surface area contributed by atoms with E-state index in [4.69, 9.17) is 9.84 Å². The van der Waals surface area contributed by atoms with Crippen molar-refractivity contribution in [2.24, 2.45) is 5.92 Å². The van der Waals surface area contributed by atoms with E-state index in [-0.39, 0.29) is 30.1 Å². The fourth-order valence-corrected chi connectivity index (χ4v) is 2.36. The molecule has 1 fully saturated rings. The summed E-state index contributed by atoms with van der Waals surface area (Å²) < 4.78 is 5.02. The summed E-state index contributed by atoms with van der Waals surface area (Å²) in [6.07, 6.45) is 0.337. The first-order valence-electron chi connectivity index (χ1n) is 6.29. The van der Waals surface area contributed by atoms with Crippen molar-refractivity contribution in [1.82, 2.24) is 4.90 Å². The minimum Gasteiger partial charge on any atom is -0.496 e. The lowest BCUT2D eigenvalue weighted by Gasteiger charge is -2.17. The summed E-state index contributed by atoms with van der Waals surface area (Å²) in [6.45, 7) is 0.300. The Kier molecular flexibility index (Phi) is 4.06. The number of aliphatic carboxylic acids is 1. The predicted molar refractivity (Wildman–Crippen MR) is 71.3 cm³/mol. The maximum absolute atomic E-state index is 12.5. The minimum absolute atomic E-state index is 0.0450. The number of amides is 1. The van der Waals surface area contributed by atoms with Crippen LogP contribution in [0, 0.1) is 16.0 Å². The van der Waals surface area contributed by atoms with Crippen LogP contribution in [0.15, 0.2) is 18.2 Å². The number of benzene rings is 1. The van der Waals surface area contributed by atoms with Gasteiger partial charge in [0.2, 0.25) is 0 Å². The van der Waals surface area contributed by atoms with Crippen molar-refractivity contribution < 1.29 is 24.4 Å². The molecule has 1 aliphatic heterocycles. The summed E-state index contributed by atoms with van der Waals surface area (Å²) in [4.78, 5) is 35.1. The van der Waals surface area contributed by atoms with Gasteiger partial charge >= 0.3 is 5.97 Å². The fraction of sp³-hybridized carbons (Fsp3) is 0.385. The van der Waals surface area contributed by atoms with Gasteiger partial charge in [-0.1, -0.05) is 6.07 Å². The van der Waals surface area contributed by atoms with Gasteiger partial charge in [0.05, 0.1) is 18.0 Å². The van der Waals surface area contributed by atoms with Crippen LogP contribution in [-0.4, -0.2) is 47.0 Å². The molecule has 21 heavy (non-hydrogen) atoms. The Balaban J connectivity index is 2.35. The van der Waals surface area contributed by atoms with Crippen LogP contribution in [0.4, 0.5) is 5.69 Å². The van der Waals surface area contributed by atoms with Crippen LogP contribution in [-0.2, 0) is 4.79 Å². The second-order valence-corrected chi connectivity index (χ2v) is 4.69. The topological polar surface area (TPSA) is 110 Å². The van der Waals surface area contributed by atoms with Crippen molar-refractivity contribution in [3.05, 3.63) is 33.9 Å². The third kappa shape index (κ3) is 2.78. The SMILES string of the molecule is COc1cccc([N+](=O)[O-])c1C(=O)N1CCC(C(=O)O)C1. The lowest BCUT2D eigenvalue weighted by atomic mass is 10.1. The molecule has 1 aliphatic rings. The van der Waals surface area contributed by atoms with Gasteiger partial charge in [-0.25, -0.2) is 0 Å². The van der Waals surface area contributed by atoms with E-state index in [1.54, 1.807) is 0 Å². The molecule has 1 atom stereocenters. The molecule has 0 radical (unpaired) electrons. The molecule has 0 aliphatic carbocycles. The third-order valence-corrected chi connectivity index (χ3v) is 3.46. The first-order chi connectivity index (χ1) is 9.95. The molecular formula is C13H14N2O6. The van der Waals surface area contributed by atoms with Crippen molar-refractivity contribution in [2.45, 2.75) is 6.42 Å². The summed E-state index contributed by atoms with van der Waals surface area (Å²) in [5.41, 5.74) is -0.492. The molecule has 0 bridgehead atoms. The largest absolute Gasteiger partial charge is 0.496 e. The number of carboxylic acid groups (broad SMARTS) is 1. The lowest BCUT2D eigenvalue weighted by molar-refractivity contribution is -0.385. The average Bonchev–Trinajstić information content (AvgIpc) is 2.95. The van der Waals surface area contributed by atoms with Gasteiger partial charge in [0.15, 0.2) is 5.56 Å². The zero-order valence-electron chi connectivity index (χ0n) is 11.3. The summed E-state index contributed by atoms with van der Waals surface area (Å²) in [7, 11) is 1.32. The second-order valence-electron chi connectivity index (χ2n) is 4.69. The molecule has 1 aromatic carbocycles. The number of carboxylic acids is 1. The van der Waals surface area contributed by atoms with Crippen molar-refractivity contribution in [2.75, 3.05) is 20.2 Å². The van der Waals surface area contributed by atoms with Crippen molar-refractivity contribution in [3.8, 4) is 5.75 Å². The van der Waals surface area contributed by atoms with Crippen LogP contribution in [0.1, 0.15) is 16.8 Å². The van der Waals surface area contributed by atoms with Crippen LogP contribution >= 0.6 is 0 Å². The number of carbonyl (C=O) groups excluding carboxylic acids is 1. The van der Waals surface area contributed by atoms with Gasteiger partial charge in [-0.3, -0.25) is 19.7 Å². The lowest BCUT2D eigenvalue weighted by Crippen LogP contribution is -2.30. The highest BCUT2D eigenvalue weighted by Crippen LogP contribution is 2.31. The van der Waals surface area contributed by atoms with Crippen molar-refractivity contribution in [1.29, 1.82) is 0 Å².